The Morgan fingerprint density at radius 2 is 1.88 bits per heavy atom. The Balaban J connectivity index is 1.54. The highest BCUT2D eigenvalue weighted by molar-refractivity contribution is 7.99. The number of ether oxygens (including phenoxy) is 1. The number of nitrogens with zero attached hydrogens (tertiary/aromatic N) is 3. The Kier molecular flexibility index (Phi) is 5.24. The van der Waals surface area contributed by atoms with Gasteiger partial charge >= 0.3 is 0 Å². The van der Waals surface area contributed by atoms with Gasteiger partial charge in [-0.1, -0.05) is 11.8 Å². The Morgan fingerprint density at radius 1 is 1.24 bits per heavy atom. The average Bonchev–Trinajstić information content (AvgIpc) is 2.59. The van der Waals surface area contributed by atoms with E-state index in [-0.39, 0.29) is 29.6 Å². The fourth-order valence-corrected chi connectivity index (χ4v) is 4.73. The first-order valence-corrected chi connectivity index (χ1v) is 10.1. The van der Waals surface area contributed by atoms with Crippen molar-refractivity contribution in [2.75, 3.05) is 26.0 Å². The van der Waals surface area contributed by atoms with Crippen LogP contribution in [0.4, 0.5) is 0 Å². The summed E-state index contributed by atoms with van der Waals surface area (Å²) in [5, 5.41) is -0.0402. The molecule has 2 heterocycles. The topological polar surface area (TPSA) is 89.5 Å². The van der Waals surface area contributed by atoms with Gasteiger partial charge in [0.15, 0.2) is 15.0 Å². The maximum Gasteiger partial charge on any atom is 0.233 e. The average molecular weight is 379 g/mol. The van der Waals surface area contributed by atoms with Crippen LogP contribution in [0.3, 0.4) is 0 Å². The molecule has 1 fully saturated rings. The van der Waals surface area contributed by atoms with Gasteiger partial charge in [-0.05, 0) is 30.3 Å². The van der Waals surface area contributed by atoms with Gasteiger partial charge in [-0.3, -0.25) is 4.79 Å². The molecule has 7 nitrogen and oxygen atoms in total. The zero-order valence-corrected chi connectivity index (χ0v) is 15.2. The Hall–Kier alpha value is -2.13. The van der Waals surface area contributed by atoms with Crippen LogP contribution in [0.15, 0.2) is 52.8 Å². The first-order valence-electron chi connectivity index (χ1n) is 7.56. The molecule has 0 radical (unpaired) electrons. The number of hydrogen-bond donors (Lipinski definition) is 0. The van der Waals surface area contributed by atoms with Crippen molar-refractivity contribution in [1.82, 2.24) is 14.9 Å². The van der Waals surface area contributed by atoms with E-state index in [0.717, 1.165) is 0 Å². The molecular formula is C16H17N3O4S2. The van der Waals surface area contributed by atoms with Crippen molar-refractivity contribution >= 4 is 27.5 Å². The molecular weight excluding hydrogens is 362 g/mol. The smallest absolute Gasteiger partial charge is 0.233 e. The largest absolute Gasteiger partial charge is 0.497 e. The van der Waals surface area contributed by atoms with Gasteiger partial charge < -0.3 is 9.64 Å². The predicted molar refractivity (Wildman–Crippen MR) is 93.3 cm³/mol. The number of carbonyl (C=O) groups excluding carboxylic acids is 1. The molecule has 1 amide bonds. The number of benzene rings is 1. The summed E-state index contributed by atoms with van der Waals surface area (Å²) < 4.78 is 30.1. The SMILES string of the molecule is COc1ccc(S(=O)(=O)C2CN(C(=O)CSc3ncccn3)C2)cc1. The molecule has 0 atom stereocenters. The first-order chi connectivity index (χ1) is 12.0. The quantitative estimate of drug-likeness (QED) is 0.551. The van der Waals surface area contributed by atoms with Crippen LogP contribution in [0, 0.1) is 0 Å². The Morgan fingerprint density at radius 3 is 2.48 bits per heavy atom. The third kappa shape index (κ3) is 3.93. The minimum atomic E-state index is -3.44. The third-order valence-corrected chi connectivity index (χ3v) is 6.86. The molecule has 0 unspecified atom stereocenters. The normalized spacial score (nSPS) is 14.8. The maximum absolute atomic E-state index is 12.6. The first kappa shape index (κ1) is 17.7. The molecule has 0 aliphatic carbocycles. The van der Waals surface area contributed by atoms with Gasteiger partial charge in [-0.15, -0.1) is 0 Å². The zero-order valence-electron chi connectivity index (χ0n) is 13.5. The molecule has 0 spiro atoms. The van der Waals surface area contributed by atoms with Crippen molar-refractivity contribution in [3.05, 3.63) is 42.7 Å². The van der Waals surface area contributed by atoms with Crippen molar-refractivity contribution < 1.29 is 17.9 Å². The second kappa shape index (κ2) is 7.40. The maximum atomic E-state index is 12.6. The molecule has 2 aromatic rings. The van der Waals surface area contributed by atoms with Crippen molar-refractivity contribution in [2.24, 2.45) is 0 Å². The summed E-state index contributed by atoms with van der Waals surface area (Å²) in [6, 6.07) is 7.99. The summed E-state index contributed by atoms with van der Waals surface area (Å²) in [7, 11) is -1.92. The molecule has 0 saturated carbocycles. The van der Waals surface area contributed by atoms with E-state index >= 15 is 0 Å². The van der Waals surface area contributed by atoms with E-state index < -0.39 is 15.1 Å². The molecule has 9 heteroatoms. The van der Waals surface area contributed by atoms with Crippen LogP contribution in [-0.4, -0.2) is 60.4 Å². The standard InChI is InChI=1S/C16H17N3O4S2/c1-23-12-3-5-13(6-4-12)25(21,22)14-9-19(10-14)15(20)11-24-16-17-7-2-8-18-16/h2-8,14H,9-11H2,1H3. The summed E-state index contributed by atoms with van der Waals surface area (Å²) in [4.78, 5) is 22.0. The highest BCUT2D eigenvalue weighted by Crippen LogP contribution is 2.26. The van der Waals surface area contributed by atoms with E-state index in [1.165, 1.54) is 31.0 Å². The Labute approximate surface area is 150 Å². The fourth-order valence-electron chi connectivity index (χ4n) is 2.37. The van der Waals surface area contributed by atoms with Crippen molar-refractivity contribution in [3.63, 3.8) is 0 Å². The summed E-state index contributed by atoms with van der Waals surface area (Å²) in [5.41, 5.74) is 0. The highest BCUT2D eigenvalue weighted by Gasteiger charge is 2.40. The second-order valence-corrected chi connectivity index (χ2v) is 8.63. The third-order valence-electron chi connectivity index (χ3n) is 3.89. The van der Waals surface area contributed by atoms with Crippen LogP contribution in [0.1, 0.15) is 0 Å². The molecule has 1 aliphatic rings. The lowest BCUT2D eigenvalue weighted by Gasteiger charge is -2.38. The van der Waals surface area contributed by atoms with Crippen LogP contribution in [0.25, 0.3) is 0 Å². The van der Waals surface area contributed by atoms with Gasteiger partial charge in [0.2, 0.25) is 5.91 Å². The number of methoxy groups -OCH3 is 1. The molecule has 1 aromatic carbocycles. The van der Waals surface area contributed by atoms with Crippen molar-refractivity contribution in [2.45, 2.75) is 15.3 Å². The van der Waals surface area contributed by atoms with Crippen LogP contribution in [0.2, 0.25) is 0 Å². The van der Waals surface area contributed by atoms with E-state index in [1.807, 2.05) is 0 Å². The molecule has 1 saturated heterocycles. The lowest BCUT2D eigenvalue weighted by Crippen LogP contribution is -2.57. The highest BCUT2D eigenvalue weighted by atomic mass is 32.2. The van der Waals surface area contributed by atoms with E-state index in [0.29, 0.717) is 10.9 Å². The molecule has 3 rings (SSSR count). The second-order valence-electron chi connectivity index (χ2n) is 5.46. The van der Waals surface area contributed by atoms with Crippen LogP contribution in [0.5, 0.6) is 5.75 Å². The van der Waals surface area contributed by atoms with Gasteiger partial charge in [-0.25, -0.2) is 18.4 Å². The lowest BCUT2D eigenvalue weighted by atomic mass is 10.2. The number of carbonyl (C=O) groups is 1. The van der Waals surface area contributed by atoms with Crippen LogP contribution >= 0.6 is 11.8 Å². The Bertz CT molecular complexity index is 835. The molecule has 1 aliphatic heterocycles. The number of thioether (sulfide) groups is 1. The zero-order chi connectivity index (χ0) is 17.9. The number of sulfone groups is 1. The van der Waals surface area contributed by atoms with Gasteiger partial charge in [0, 0.05) is 25.5 Å². The molecule has 25 heavy (non-hydrogen) atoms. The van der Waals surface area contributed by atoms with E-state index in [4.69, 9.17) is 4.74 Å². The van der Waals surface area contributed by atoms with E-state index in [1.54, 1.807) is 35.5 Å². The van der Waals surface area contributed by atoms with Crippen LogP contribution < -0.4 is 4.74 Å². The molecule has 0 bridgehead atoms. The van der Waals surface area contributed by atoms with Crippen molar-refractivity contribution in [3.8, 4) is 5.75 Å². The van der Waals surface area contributed by atoms with Crippen molar-refractivity contribution in [1.29, 1.82) is 0 Å². The predicted octanol–water partition coefficient (Wildman–Crippen LogP) is 1.26. The van der Waals surface area contributed by atoms with Gasteiger partial charge in [0.1, 0.15) is 11.0 Å². The number of likely N-dealkylation sites (tertiary alicyclic amines) is 1. The monoisotopic (exact) mass is 379 g/mol. The van der Waals surface area contributed by atoms with E-state index in [9.17, 15) is 13.2 Å². The molecule has 132 valence electrons. The number of rotatable bonds is 6. The minimum Gasteiger partial charge on any atom is -0.497 e. The number of amides is 1. The number of hydrogen-bond acceptors (Lipinski definition) is 7. The van der Waals surface area contributed by atoms with Crippen LogP contribution in [-0.2, 0) is 14.6 Å². The molecule has 0 N–H and O–H groups in total. The summed E-state index contributed by atoms with van der Waals surface area (Å²) >= 11 is 1.24. The van der Waals surface area contributed by atoms with Gasteiger partial charge in [-0.2, -0.15) is 0 Å². The summed E-state index contributed by atoms with van der Waals surface area (Å²) in [5.74, 6) is 0.683. The molecule has 1 aromatic heterocycles. The lowest BCUT2D eigenvalue weighted by molar-refractivity contribution is -0.131. The fraction of sp³-hybridized carbons (Fsp3) is 0.312. The minimum absolute atomic E-state index is 0.112. The summed E-state index contributed by atoms with van der Waals surface area (Å²) in [6.45, 7) is 0.423. The summed E-state index contributed by atoms with van der Waals surface area (Å²) in [6.07, 6.45) is 3.22. The van der Waals surface area contributed by atoms with Gasteiger partial charge in [0.25, 0.3) is 0 Å². The van der Waals surface area contributed by atoms with E-state index in [2.05, 4.69) is 9.97 Å². The van der Waals surface area contributed by atoms with Gasteiger partial charge in [0.05, 0.1) is 17.8 Å². The number of aromatic nitrogens is 2.